The summed E-state index contributed by atoms with van der Waals surface area (Å²) in [5.74, 6) is 1.18. The van der Waals surface area contributed by atoms with E-state index in [1.807, 2.05) is 0 Å². The molecule has 2 aliphatic rings. The molecule has 8 heteroatoms. The van der Waals surface area contributed by atoms with Crippen LogP contribution >= 0.6 is 0 Å². The van der Waals surface area contributed by atoms with Crippen molar-refractivity contribution < 1.29 is 28.1 Å². The number of ether oxygens (including phenoxy) is 4. The number of pyridine rings is 1. The summed E-state index contributed by atoms with van der Waals surface area (Å²) in [6, 6.07) is 14.2. The molecule has 0 N–H and O–H groups in total. The number of ketones is 1. The van der Waals surface area contributed by atoms with Crippen LogP contribution in [0.1, 0.15) is 21.5 Å². The maximum Gasteiger partial charge on any atom is 0.231 e. The quantitative estimate of drug-likeness (QED) is 0.444. The lowest BCUT2D eigenvalue weighted by Crippen LogP contribution is -2.20. The van der Waals surface area contributed by atoms with Crippen LogP contribution in [0.15, 0.2) is 65.6 Å². The van der Waals surface area contributed by atoms with Crippen molar-refractivity contribution >= 4 is 16.7 Å². The van der Waals surface area contributed by atoms with E-state index >= 15 is 0 Å². The molecule has 0 aliphatic carbocycles. The number of halogens is 1. The molecule has 3 aromatic carbocycles. The highest BCUT2D eigenvalue weighted by molar-refractivity contribution is 6.10. The van der Waals surface area contributed by atoms with Crippen LogP contribution in [0, 0.1) is 5.82 Å². The van der Waals surface area contributed by atoms with Crippen LogP contribution in [-0.4, -0.2) is 23.9 Å². The van der Waals surface area contributed by atoms with Gasteiger partial charge in [-0.15, -0.1) is 0 Å². The topological polar surface area (TPSA) is 76.0 Å². The third-order valence-electron chi connectivity index (χ3n) is 5.72. The standard InChI is InChI=1S/C25H16FNO6/c26-16-4-1-14(2-5-16)10-27-11-18(24(28)15-3-6-20-21(7-15)31-12-30-20)25(29)17-8-22-23(9-19(17)27)33-13-32-22/h1-9,11H,10,12-13H2. The van der Waals surface area contributed by atoms with Gasteiger partial charge in [0.2, 0.25) is 19.0 Å². The minimum atomic E-state index is -0.439. The Bertz CT molecular complexity index is 1490. The van der Waals surface area contributed by atoms with Crippen molar-refractivity contribution in [3.63, 3.8) is 0 Å². The Balaban J connectivity index is 1.52. The van der Waals surface area contributed by atoms with Gasteiger partial charge < -0.3 is 23.5 Å². The number of hydrogen-bond acceptors (Lipinski definition) is 6. The Morgan fingerprint density at radius 2 is 1.52 bits per heavy atom. The van der Waals surface area contributed by atoms with Crippen LogP contribution in [-0.2, 0) is 6.54 Å². The lowest BCUT2D eigenvalue weighted by molar-refractivity contribution is 0.103. The Morgan fingerprint density at radius 3 is 2.27 bits per heavy atom. The summed E-state index contributed by atoms with van der Waals surface area (Å²) in [4.78, 5) is 26.8. The van der Waals surface area contributed by atoms with Gasteiger partial charge in [-0.05, 0) is 42.0 Å². The van der Waals surface area contributed by atoms with Crippen molar-refractivity contribution in [2.24, 2.45) is 0 Å². The van der Waals surface area contributed by atoms with Gasteiger partial charge in [-0.3, -0.25) is 9.59 Å². The summed E-state index contributed by atoms with van der Waals surface area (Å²) < 4.78 is 36.8. The molecule has 0 bridgehead atoms. The van der Waals surface area contributed by atoms with Crippen LogP contribution in [0.3, 0.4) is 0 Å². The monoisotopic (exact) mass is 445 g/mol. The fourth-order valence-corrected chi connectivity index (χ4v) is 4.05. The molecule has 6 rings (SSSR count). The summed E-state index contributed by atoms with van der Waals surface area (Å²) in [6.07, 6.45) is 1.53. The summed E-state index contributed by atoms with van der Waals surface area (Å²) in [5.41, 5.74) is 1.28. The van der Waals surface area contributed by atoms with Crippen LogP contribution < -0.4 is 24.4 Å². The van der Waals surface area contributed by atoms with Gasteiger partial charge >= 0.3 is 0 Å². The van der Waals surface area contributed by atoms with E-state index in [0.717, 1.165) is 5.56 Å². The van der Waals surface area contributed by atoms with E-state index < -0.39 is 11.2 Å². The normalized spacial score (nSPS) is 13.5. The van der Waals surface area contributed by atoms with Crippen LogP contribution in [0.2, 0.25) is 0 Å². The first-order chi connectivity index (χ1) is 16.1. The summed E-state index contributed by atoms with van der Waals surface area (Å²) in [6.45, 7) is 0.458. The minimum absolute atomic E-state index is 0.00217. The Labute approximate surface area is 186 Å². The summed E-state index contributed by atoms with van der Waals surface area (Å²) in [5, 5.41) is 0.327. The van der Waals surface area contributed by atoms with E-state index in [4.69, 9.17) is 18.9 Å². The molecule has 0 spiro atoms. The Hall–Kier alpha value is -4.33. The predicted molar refractivity (Wildman–Crippen MR) is 116 cm³/mol. The molecule has 0 saturated carbocycles. The van der Waals surface area contributed by atoms with Crippen molar-refractivity contribution in [2.75, 3.05) is 13.6 Å². The van der Waals surface area contributed by atoms with Crippen molar-refractivity contribution in [1.29, 1.82) is 0 Å². The van der Waals surface area contributed by atoms with Crippen LogP contribution in [0.25, 0.3) is 10.9 Å². The maximum atomic E-state index is 13.4. The van der Waals surface area contributed by atoms with E-state index in [9.17, 15) is 14.0 Å². The first kappa shape index (κ1) is 19.4. The number of rotatable bonds is 4. The zero-order chi connectivity index (χ0) is 22.5. The number of hydrogen-bond donors (Lipinski definition) is 0. The molecule has 7 nitrogen and oxygen atoms in total. The van der Waals surface area contributed by atoms with Crippen molar-refractivity contribution in [3.05, 3.63) is 93.5 Å². The van der Waals surface area contributed by atoms with Gasteiger partial charge in [0.15, 0.2) is 28.8 Å². The van der Waals surface area contributed by atoms with Gasteiger partial charge in [0, 0.05) is 24.4 Å². The average molecular weight is 445 g/mol. The van der Waals surface area contributed by atoms with Crippen LogP contribution in [0.4, 0.5) is 4.39 Å². The highest BCUT2D eigenvalue weighted by Gasteiger charge is 2.23. The van der Waals surface area contributed by atoms with Gasteiger partial charge in [-0.1, -0.05) is 12.1 Å². The predicted octanol–water partition coefficient (Wildman–Crippen LogP) is 3.88. The molecule has 0 atom stereocenters. The second-order valence-corrected chi connectivity index (χ2v) is 7.75. The maximum absolute atomic E-state index is 13.4. The van der Waals surface area contributed by atoms with Gasteiger partial charge in [0.25, 0.3) is 0 Å². The van der Waals surface area contributed by atoms with E-state index in [1.165, 1.54) is 18.3 Å². The molecule has 0 fully saturated rings. The third kappa shape index (κ3) is 3.27. The number of aromatic nitrogens is 1. The van der Waals surface area contributed by atoms with E-state index in [-0.39, 0.29) is 25.0 Å². The SMILES string of the molecule is O=C(c1ccc2c(c1)OCO2)c1cn(Cc2ccc(F)cc2)c2cc3c(cc2c1=O)OCO3. The van der Waals surface area contributed by atoms with Crippen molar-refractivity contribution in [2.45, 2.75) is 6.54 Å². The highest BCUT2D eigenvalue weighted by Crippen LogP contribution is 2.36. The van der Waals surface area contributed by atoms with E-state index in [2.05, 4.69) is 0 Å². The third-order valence-corrected chi connectivity index (χ3v) is 5.72. The smallest absolute Gasteiger partial charge is 0.231 e. The zero-order valence-electron chi connectivity index (χ0n) is 17.2. The molecule has 33 heavy (non-hydrogen) atoms. The van der Waals surface area contributed by atoms with Crippen LogP contribution in [0.5, 0.6) is 23.0 Å². The molecule has 3 heterocycles. The first-order valence-corrected chi connectivity index (χ1v) is 10.2. The first-order valence-electron chi connectivity index (χ1n) is 10.2. The fourth-order valence-electron chi connectivity index (χ4n) is 4.05. The molecular weight excluding hydrogens is 429 g/mol. The number of nitrogens with zero attached hydrogens (tertiary/aromatic N) is 1. The van der Waals surface area contributed by atoms with E-state index in [1.54, 1.807) is 47.0 Å². The van der Waals surface area contributed by atoms with Gasteiger partial charge in [0.1, 0.15) is 5.82 Å². The fraction of sp³-hybridized carbons (Fsp3) is 0.120. The molecule has 0 amide bonds. The molecule has 2 aliphatic heterocycles. The molecule has 0 saturated heterocycles. The summed E-state index contributed by atoms with van der Waals surface area (Å²) >= 11 is 0. The lowest BCUT2D eigenvalue weighted by Gasteiger charge is -2.14. The molecule has 0 unspecified atom stereocenters. The van der Waals surface area contributed by atoms with Crippen molar-refractivity contribution in [1.82, 2.24) is 4.57 Å². The summed E-state index contributed by atoms with van der Waals surface area (Å²) in [7, 11) is 0. The average Bonchev–Trinajstić information content (AvgIpc) is 3.49. The molecule has 0 radical (unpaired) electrons. The molecular formula is C25H16FNO6. The van der Waals surface area contributed by atoms with E-state index in [0.29, 0.717) is 46.0 Å². The lowest BCUT2D eigenvalue weighted by atomic mass is 10.0. The van der Waals surface area contributed by atoms with Gasteiger partial charge in [-0.2, -0.15) is 0 Å². The largest absolute Gasteiger partial charge is 0.454 e. The molecule has 4 aromatic rings. The van der Waals surface area contributed by atoms with Gasteiger partial charge in [-0.25, -0.2) is 4.39 Å². The molecule has 164 valence electrons. The number of benzene rings is 3. The number of carbonyl (C=O) groups excluding carboxylic acids is 1. The second kappa shape index (κ2) is 7.37. The Kier molecular flexibility index (Phi) is 4.33. The highest BCUT2D eigenvalue weighted by atomic mass is 19.1. The Morgan fingerprint density at radius 1 is 0.848 bits per heavy atom. The van der Waals surface area contributed by atoms with Crippen molar-refractivity contribution in [3.8, 4) is 23.0 Å². The van der Waals surface area contributed by atoms with Gasteiger partial charge in [0.05, 0.1) is 16.5 Å². The zero-order valence-corrected chi connectivity index (χ0v) is 17.2. The molecule has 1 aromatic heterocycles. The number of carbonyl (C=O) groups is 1. The minimum Gasteiger partial charge on any atom is -0.454 e. The number of fused-ring (bicyclic) bond motifs is 3. The second-order valence-electron chi connectivity index (χ2n) is 7.75.